The van der Waals surface area contributed by atoms with Crippen LogP contribution in [0.25, 0.3) is 33.2 Å². The minimum atomic E-state index is 0.563. The summed E-state index contributed by atoms with van der Waals surface area (Å²) >= 11 is 0. The molecule has 3 heterocycles. The van der Waals surface area contributed by atoms with E-state index < -0.39 is 0 Å². The molecule has 33 heavy (non-hydrogen) atoms. The van der Waals surface area contributed by atoms with Crippen molar-refractivity contribution in [3.05, 3.63) is 71.4 Å². The quantitative estimate of drug-likeness (QED) is 0.429. The Kier molecular flexibility index (Phi) is 5.73. The molecule has 1 aliphatic heterocycles. The number of fused-ring (bicyclic) bond motifs is 1. The summed E-state index contributed by atoms with van der Waals surface area (Å²) in [5.41, 5.74) is 15.2. The molecular formula is C28H30N4O. The second-order valence-corrected chi connectivity index (χ2v) is 9.01. The van der Waals surface area contributed by atoms with E-state index in [-0.39, 0.29) is 0 Å². The van der Waals surface area contributed by atoms with Crippen LogP contribution in [0.15, 0.2) is 54.7 Å². The summed E-state index contributed by atoms with van der Waals surface area (Å²) in [5, 5.41) is 1.06. The molecule has 5 rings (SSSR count). The smallest absolute Gasteiger partial charge is 0.215 e. The molecule has 5 nitrogen and oxygen atoms in total. The molecule has 0 atom stereocenters. The maximum Gasteiger partial charge on any atom is 0.215 e. The summed E-state index contributed by atoms with van der Waals surface area (Å²) < 4.78 is 5.30. The first-order valence-electron chi connectivity index (χ1n) is 11.6. The number of nitrogen functional groups attached to an aromatic ring is 1. The molecule has 0 saturated carbocycles. The molecule has 168 valence electrons. The van der Waals surface area contributed by atoms with Crippen molar-refractivity contribution in [2.24, 2.45) is 0 Å². The minimum absolute atomic E-state index is 0.563. The van der Waals surface area contributed by atoms with Crippen molar-refractivity contribution >= 4 is 16.7 Å². The number of benzene rings is 2. The van der Waals surface area contributed by atoms with Crippen LogP contribution in [0.3, 0.4) is 0 Å². The monoisotopic (exact) mass is 438 g/mol. The van der Waals surface area contributed by atoms with Crippen LogP contribution in [-0.4, -0.2) is 35.1 Å². The zero-order valence-corrected chi connectivity index (χ0v) is 19.6. The third-order valence-corrected chi connectivity index (χ3v) is 6.59. The summed E-state index contributed by atoms with van der Waals surface area (Å²) in [6.45, 7) is 7.59. The van der Waals surface area contributed by atoms with Crippen LogP contribution in [0, 0.1) is 13.8 Å². The molecule has 0 aliphatic carbocycles. The number of nitrogens with two attached hydrogens (primary N) is 1. The van der Waals surface area contributed by atoms with Gasteiger partial charge in [-0.05, 0) is 86.3 Å². The Morgan fingerprint density at radius 3 is 2.45 bits per heavy atom. The molecule has 0 bridgehead atoms. The molecule has 5 heteroatoms. The van der Waals surface area contributed by atoms with Crippen LogP contribution >= 0.6 is 0 Å². The average molecular weight is 439 g/mol. The molecule has 2 aromatic carbocycles. The van der Waals surface area contributed by atoms with E-state index in [1.54, 1.807) is 7.11 Å². The van der Waals surface area contributed by atoms with Crippen molar-refractivity contribution in [1.82, 2.24) is 14.9 Å². The summed E-state index contributed by atoms with van der Waals surface area (Å²) in [6, 6.07) is 17.2. The van der Waals surface area contributed by atoms with Gasteiger partial charge in [0.15, 0.2) is 0 Å². The zero-order chi connectivity index (χ0) is 22.9. The van der Waals surface area contributed by atoms with Crippen LogP contribution in [0.4, 0.5) is 5.82 Å². The lowest BCUT2D eigenvalue weighted by atomic mass is 9.96. The van der Waals surface area contributed by atoms with Crippen molar-refractivity contribution in [2.75, 3.05) is 25.9 Å². The first-order chi connectivity index (χ1) is 16.0. The molecule has 2 N–H and O–H groups in total. The van der Waals surface area contributed by atoms with Crippen molar-refractivity contribution in [3.63, 3.8) is 0 Å². The maximum absolute atomic E-state index is 6.42. The second-order valence-electron chi connectivity index (χ2n) is 9.01. The van der Waals surface area contributed by atoms with E-state index in [0.29, 0.717) is 11.7 Å². The van der Waals surface area contributed by atoms with E-state index in [1.165, 1.54) is 37.1 Å². The summed E-state index contributed by atoms with van der Waals surface area (Å²) in [7, 11) is 1.64. The van der Waals surface area contributed by atoms with Crippen LogP contribution in [0.1, 0.15) is 29.5 Å². The van der Waals surface area contributed by atoms with E-state index >= 15 is 0 Å². The number of methoxy groups -OCH3 is 1. The van der Waals surface area contributed by atoms with Gasteiger partial charge < -0.3 is 10.5 Å². The first kappa shape index (κ1) is 21.4. The SMILES string of the molecule is COc1ncc(-c2ccc3nc(N)c(-c4ccc(CN5CCCC5)cc4C)cc3c2)cc1C. The minimum Gasteiger partial charge on any atom is -0.481 e. The Hall–Kier alpha value is -3.44. The van der Waals surface area contributed by atoms with Crippen LogP contribution in [-0.2, 0) is 6.54 Å². The van der Waals surface area contributed by atoms with Gasteiger partial charge in [0.05, 0.1) is 12.6 Å². The fourth-order valence-electron chi connectivity index (χ4n) is 4.85. The molecule has 1 saturated heterocycles. The number of hydrogen-bond acceptors (Lipinski definition) is 5. The Morgan fingerprint density at radius 1 is 0.909 bits per heavy atom. The highest BCUT2D eigenvalue weighted by molar-refractivity contribution is 5.92. The summed E-state index contributed by atoms with van der Waals surface area (Å²) in [5.74, 6) is 1.22. The highest BCUT2D eigenvalue weighted by Gasteiger charge is 2.14. The highest BCUT2D eigenvalue weighted by atomic mass is 16.5. The number of ether oxygens (including phenoxy) is 1. The molecule has 0 unspecified atom stereocenters. The fourth-order valence-corrected chi connectivity index (χ4v) is 4.85. The molecule has 1 aliphatic rings. The molecule has 0 amide bonds. The molecule has 4 aromatic rings. The standard InChI is InChI=1S/C28H30N4O/c1-18-12-20(17-32-10-4-5-11-32)6-8-24(18)25-15-22-14-21(7-9-26(22)31-27(25)29)23-13-19(2)28(33-3)30-16-23/h6-9,12-16H,4-5,10-11,17H2,1-3H3,(H2,29,31). The van der Waals surface area contributed by atoms with Gasteiger partial charge in [0.25, 0.3) is 0 Å². The topological polar surface area (TPSA) is 64.3 Å². The average Bonchev–Trinajstić information content (AvgIpc) is 3.32. The van der Waals surface area contributed by atoms with Gasteiger partial charge in [-0.25, -0.2) is 9.97 Å². The number of hydrogen-bond donors (Lipinski definition) is 1. The van der Waals surface area contributed by atoms with Crippen LogP contribution < -0.4 is 10.5 Å². The predicted molar refractivity (Wildman–Crippen MR) is 135 cm³/mol. The Labute approximate surface area is 195 Å². The third kappa shape index (κ3) is 4.29. The van der Waals surface area contributed by atoms with Gasteiger partial charge in [0, 0.05) is 34.8 Å². The Bertz CT molecular complexity index is 1330. The lowest BCUT2D eigenvalue weighted by Gasteiger charge is -2.17. The largest absolute Gasteiger partial charge is 0.481 e. The molecular weight excluding hydrogens is 408 g/mol. The molecule has 2 aromatic heterocycles. The number of nitrogens with zero attached hydrogens (tertiary/aromatic N) is 3. The summed E-state index contributed by atoms with van der Waals surface area (Å²) in [6.07, 6.45) is 4.47. The van der Waals surface area contributed by atoms with Crippen molar-refractivity contribution in [3.8, 4) is 28.1 Å². The zero-order valence-electron chi connectivity index (χ0n) is 19.6. The van der Waals surface area contributed by atoms with E-state index in [0.717, 1.165) is 45.3 Å². The van der Waals surface area contributed by atoms with Crippen molar-refractivity contribution in [1.29, 1.82) is 0 Å². The van der Waals surface area contributed by atoms with Gasteiger partial charge in [-0.3, -0.25) is 4.90 Å². The van der Waals surface area contributed by atoms with E-state index in [2.05, 4.69) is 59.3 Å². The van der Waals surface area contributed by atoms with Gasteiger partial charge in [0.1, 0.15) is 5.82 Å². The van der Waals surface area contributed by atoms with Crippen molar-refractivity contribution < 1.29 is 4.74 Å². The van der Waals surface area contributed by atoms with Gasteiger partial charge in [-0.15, -0.1) is 0 Å². The van der Waals surface area contributed by atoms with E-state index in [9.17, 15) is 0 Å². The normalized spacial score (nSPS) is 14.2. The van der Waals surface area contributed by atoms with Gasteiger partial charge in [0.2, 0.25) is 5.88 Å². The fraction of sp³-hybridized carbons (Fsp3) is 0.286. The van der Waals surface area contributed by atoms with Gasteiger partial charge in [-0.1, -0.05) is 24.3 Å². The second kappa shape index (κ2) is 8.83. The van der Waals surface area contributed by atoms with Crippen molar-refractivity contribution in [2.45, 2.75) is 33.2 Å². The lowest BCUT2D eigenvalue weighted by Crippen LogP contribution is -2.18. The number of rotatable bonds is 5. The van der Waals surface area contributed by atoms with Gasteiger partial charge >= 0.3 is 0 Å². The molecule has 0 radical (unpaired) electrons. The number of likely N-dealkylation sites (tertiary alicyclic amines) is 1. The van der Waals surface area contributed by atoms with Crippen LogP contribution in [0.5, 0.6) is 5.88 Å². The number of aromatic nitrogens is 2. The maximum atomic E-state index is 6.42. The highest BCUT2D eigenvalue weighted by Crippen LogP contribution is 2.33. The first-order valence-corrected chi connectivity index (χ1v) is 11.6. The van der Waals surface area contributed by atoms with E-state index in [1.807, 2.05) is 19.2 Å². The third-order valence-electron chi connectivity index (χ3n) is 6.59. The summed E-state index contributed by atoms with van der Waals surface area (Å²) in [4.78, 5) is 11.7. The number of pyridine rings is 2. The molecule has 0 spiro atoms. The number of aryl methyl sites for hydroxylation is 2. The van der Waals surface area contributed by atoms with E-state index in [4.69, 9.17) is 15.5 Å². The van der Waals surface area contributed by atoms with Gasteiger partial charge in [-0.2, -0.15) is 0 Å². The van der Waals surface area contributed by atoms with Crippen LogP contribution in [0.2, 0.25) is 0 Å². The lowest BCUT2D eigenvalue weighted by molar-refractivity contribution is 0.331. The molecule has 1 fully saturated rings. The Balaban J connectivity index is 1.51. The Morgan fingerprint density at radius 2 is 1.73 bits per heavy atom. The number of anilines is 1. The predicted octanol–water partition coefficient (Wildman–Crippen LogP) is 5.77.